The van der Waals surface area contributed by atoms with Crippen molar-refractivity contribution < 1.29 is 29.0 Å². The molecule has 2 atom stereocenters. The number of carbonyl (C=O) groups is 4. The summed E-state index contributed by atoms with van der Waals surface area (Å²) < 4.78 is 5.32. The van der Waals surface area contributed by atoms with E-state index in [0.717, 1.165) is 44.9 Å². The molecule has 0 aliphatic carbocycles. The molecular formula is C30H50N4O6. The van der Waals surface area contributed by atoms with Crippen LogP contribution in [0.1, 0.15) is 110 Å². The van der Waals surface area contributed by atoms with Gasteiger partial charge in [0.05, 0.1) is 6.42 Å². The second-order valence-electron chi connectivity index (χ2n) is 11.2. The number of aromatic hydroxyl groups is 1. The van der Waals surface area contributed by atoms with Crippen LogP contribution in [0, 0.1) is 6.92 Å². The number of ether oxygens (including phenoxy) is 1. The number of nitrogens with zero attached hydrogens (tertiary/aromatic N) is 1. The standard InChI is InChI=1S/C30H50N4O6/c1-7-9-11-12-13-14-19-34(28(38)23(20-24(31)35)33-29(39)40-30(4,5)6)25(27(37)32-18-10-8-2)22-17-15-16-21(3)26(22)36/h15-17,23,25,36H,7-14,18-20H2,1-6H3,(H2,31,35)(H,32,37)(H,33,39). The van der Waals surface area contributed by atoms with Gasteiger partial charge in [-0.05, 0) is 46.1 Å². The van der Waals surface area contributed by atoms with Crippen LogP contribution in [-0.4, -0.2) is 58.6 Å². The summed E-state index contributed by atoms with van der Waals surface area (Å²) in [6.07, 6.45) is 5.92. The van der Waals surface area contributed by atoms with Crippen LogP contribution in [0.25, 0.3) is 0 Å². The fourth-order valence-corrected chi connectivity index (χ4v) is 4.32. The number of primary amides is 1. The van der Waals surface area contributed by atoms with E-state index in [9.17, 15) is 24.3 Å². The van der Waals surface area contributed by atoms with Gasteiger partial charge in [0.1, 0.15) is 23.4 Å². The molecule has 226 valence electrons. The van der Waals surface area contributed by atoms with Gasteiger partial charge >= 0.3 is 6.09 Å². The molecule has 0 aliphatic heterocycles. The van der Waals surface area contributed by atoms with Crippen LogP contribution in [-0.2, 0) is 19.1 Å². The number of aryl methyl sites for hydroxylation is 1. The highest BCUT2D eigenvalue weighted by Crippen LogP contribution is 2.32. The van der Waals surface area contributed by atoms with Crippen LogP contribution >= 0.6 is 0 Å². The number of nitrogens with two attached hydrogens (primary N) is 1. The van der Waals surface area contributed by atoms with Gasteiger partial charge in [-0.2, -0.15) is 0 Å². The summed E-state index contributed by atoms with van der Waals surface area (Å²) in [7, 11) is 0. The maximum Gasteiger partial charge on any atom is 0.408 e. The number of unbranched alkanes of at least 4 members (excludes halogenated alkanes) is 6. The van der Waals surface area contributed by atoms with E-state index in [1.807, 2.05) is 6.92 Å². The lowest BCUT2D eigenvalue weighted by atomic mass is 9.98. The van der Waals surface area contributed by atoms with Crippen molar-refractivity contribution in [2.45, 2.75) is 117 Å². The molecule has 0 heterocycles. The van der Waals surface area contributed by atoms with Gasteiger partial charge in [0.25, 0.3) is 0 Å². The lowest BCUT2D eigenvalue weighted by Gasteiger charge is -2.34. The number of amides is 4. The van der Waals surface area contributed by atoms with E-state index < -0.39 is 47.9 Å². The lowest BCUT2D eigenvalue weighted by Crippen LogP contribution is -2.54. The van der Waals surface area contributed by atoms with Crippen molar-refractivity contribution in [3.63, 3.8) is 0 Å². The van der Waals surface area contributed by atoms with E-state index in [-0.39, 0.29) is 17.9 Å². The first kappa shape index (κ1) is 34.7. The van der Waals surface area contributed by atoms with E-state index in [0.29, 0.717) is 18.5 Å². The molecule has 0 bridgehead atoms. The SMILES string of the molecule is CCCCCCCCN(C(=O)C(CC(N)=O)NC(=O)OC(C)(C)C)C(C(=O)NCCCC)c1cccc(C)c1O. The second kappa shape index (κ2) is 17.4. The van der Waals surface area contributed by atoms with Gasteiger partial charge in [0.15, 0.2) is 0 Å². The molecule has 10 nitrogen and oxygen atoms in total. The summed E-state index contributed by atoms with van der Waals surface area (Å²) in [5, 5.41) is 16.3. The smallest absolute Gasteiger partial charge is 0.408 e. The number of phenols is 1. The number of rotatable bonds is 17. The summed E-state index contributed by atoms with van der Waals surface area (Å²) in [5.74, 6) is -2.00. The number of hydrogen-bond acceptors (Lipinski definition) is 6. The zero-order valence-corrected chi connectivity index (χ0v) is 25.2. The van der Waals surface area contributed by atoms with Crippen molar-refractivity contribution in [3.8, 4) is 5.75 Å². The molecule has 40 heavy (non-hydrogen) atoms. The third-order valence-electron chi connectivity index (χ3n) is 6.38. The molecule has 0 saturated heterocycles. The van der Waals surface area contributed by atoms with E-state index >= 15 is 0 Å². The number of phenolic OH excluding ortho intramolecular Hbond substituents is 1. The molecule has 0 aromatic heterocycles. The van der Waals surface area contributed by atoms with Crippen molar-refractivity contribution in [3.05, 3.63) is 29.3 Å². The molecule has 1 aromatic carbocycles. The predicted molar refractivity (Wildman–Crippen MR) is 156 cm³/mol. The molecular weight excluding hydrogens is 512 g/mol. The highest BCUT2D eigenvalue weighted by atomic mass is 16.6. The van der Waals surface area contributed by atoms with E-state index in [1.54, 1.807) is 45.9 Å². The number of nitrogens with one attached hydrogen (secondary N) is 2. The molecule has 4 amide bonds. The summed E-state index contributed by atoms with van der Waals surface area (Å²) >= 11 is 0. The Morgan fingerprint density at radius 3 is 2.23 bits per heavy atom. The molecule has 5 N–H and O–H groups in total. The first-order chi connectivity index (χ1) is 18.8. The second-order valence-corrected chi connectivity index (χ2v) is 11.2. The maximum atomic E-state index is 14.1. The average Bonchev–Trinajstić information content (AvgIpc) is 2.85. The number of carbonyl (C=O) groups excluding carboxylic acids is 4. The zero-order valence-electron chi connectivity index (χ0n) is 25.2. The Labute approximate surface area is 239 Å². The Morgan fingerprint density at radius 1 is 1.00 bits per heavy atom. The number of benzene rings is 1. The molecule has 0 fully saturated rings. The van der Waals surface area contributed by atoms with Crippen molar-refractivity contribution in [2.24, 2.45) is 5.73 Å². The summed E-state index contributed by atoms with van der Waals surface area (Å²) in [4.78, 5) is 53.6. The zero-order chi connectivity index (χ0) is 30.3. The van der Waals surface area contributed by atoms with Crippen LogP contribution < -0.4 is 16.4 Å². The molecule has 2 unspecified atom stereocenters. The van der Waals surface area contributed by atoms with Crippen LogP contribution in [0.5, 0.6) is 5.75 Å². The van der Waals surface area contributed by atoms with Crippen molar-refractivity contribution in [1.29, 1.82) is 0 Å². The Hall–Kier alpha value is -3.30. The van der Waals surface area contributed by atoms with Gasteiger partial charge < -0.3 is 31.1 Å². The molecule has 0 aliphatic rings. The highest BCUT2D eigenvalue weighted by molar-refractivity contribution is 5.94. The topological polar surface area (TPSA) is 151 Å². The first-order valence-corrected chi connectivity index (χ1v) is 14.5. The molecule has 0 saturated carbocycles. The van der Waals surface area contributed by atoms with Crippen molar-refractivity contribution >= 4 is 23.8 Å². The van der Waals surface area contributed by atoms with Gasteiger partial charge in [0, 0.05) is 18.7 Å². The molecule has 10 heteroatoms. The summed E-state index contributed by atoms with van der Waals surface area (Å²) in [6.45, 7) is 11.5. The monoisotopic (exact) mass is 562 g/mol. The fourth-order valence-electron chi connectivity index (χ4n) is 4.32. The average molecular weight is 563 g/mol. The maximum absolute atomic E-state index is 14.1. The molecule has 1 rings (SSSR count). The fraction of sp³-hybridized carbons (Fsp3) is 0.667. The Balaban J connectivity index is 3.50. The van der Waals surface area contributed by atoms with E-state index in [1.165, 1.54) is 4.90 Å². The highest BCUT2D eigenvalue weighted by Gasteiger charge is 2.38. The minimum atomic E-state index is -1.36. The summed E-state index contributed by atoms with van der Waals surface area (Å²) in [6, 6.07) is 2.49. The summed E-state index contributed by atoms with van der Waals surface area (Å²) in [5.41, 5.74) is 5.44. The Bertz CT molecular complexity index is 975. The number of hydrogen-bond donors (Lipinski definition) is 4. The molecule has 0 radical (unpaired) electrons. The van der Waals surface area contributed by atoms with Crippen LogP contribution in [0.4, 0.5) is 4.79 Å². The largest absolute Gasteiger partial charge is 0.507 e. The normalized spacial score (nSPS) is 12.8. The number of para-hydroxylation sites is 1. The van der Waals surface area contributed by atoms with Crippen molar-refractivity contribution in [1.82, 2.24) is 15.5 Å². The van der Waals surface area contributed by atoms with Crippen LogP contribution in [0.15, 0.2) is 18.2 Å². The minimum absolute atomic E-state index is 0.0922. The van der Waals surface area contributed by atoms with Crippen molar-refractivity contribution in [2.75, 3.05) is 13.1 Å². The quantitative estimate of drug-likeness (QED) is 0.204. The van der Waals surface area contributed by atoms with Gasteiger partial charge in [-0.1, -0.05) is 70.6 Å². The number of alkyl carbamates (subject to hydrolysis) is 1. The Kier molecular flexibility index (Phi) is 15.1. The van der Waals surface area contributed by atoms with Gasteiger partial charge in [-0.15, -0.1) is 0 Å². The Morgan fingerprint density at radius 2 is 1.62 bits per heavy atom. The molecule has 0 spiro atoms. The third-order valence-corrected chi connectivity index (χ3v) is 6.38. The van der Waals surface area contributed by atoms with E-state index in [4.69, 9.17) is 10.5 Å². The predicted octanol–water partition coefficient (Wildman–Crippen LogP) is 4.62. The third kappa shape index (κ3) is 12.3. The minimum Gasteiger partial charge on any atom is -0.507 e. The van der Waals surface area contributed by atoms with Gasteiger partial charge in [0.2, 0.25) is 17.7 Å². The van der Waals surface area contributed by atoms with Gasteiger partial charge in [-0.25, -0.2) is 4.79 Å². The van der Waals surface area contributed by atoms with Crippen LogP contribution in [0.2, 0.25) is 0 Å². The van der Waals surface area contributed by atoms with Gasteiger partial charge in [-0.3, -0.25) is 14.4 Å². The first-order valence-electron chi connectivity index (χ1n) is 14.5. The van der Waals surface area contributed by atoms with E-state index in [2.05, 4.69) is 17.6 Å². The molecule has 1 aromatic rings. The lowest BCUT2D eigenvalue weighted by molar-refractivity contribution is -0.143. The van der Waals surface area contributed by atoms with Crippen LogP contribution in [0.3, 0.4) is 0 Å².